The molecular weight excluding hydrogens is 211 g/mol. The lowest BCUT2D eigenvalue weighted by Crippen LogP contribution is -1.91. The minimum absolute atomic E-state index is 0.998. The zero-order valence-corrected chi connectivity index (χ0v) is 7.52. The normalized spacial score (nSPS) is 38.2. The topological polar surface area (TPSA) is 0 Å². The Morgan fingerprint density at radius 2 is 2.25 bits per heavy atom. The second kappa shape index (κ2) is 3.04. The zero-order chi connectivity index (χ0) is 5.98. The Kier molecular flexibility index (Phi) is 2.60. The number of alkyl halides is 1. The molecule has 0 bridgehead atoms. The molecule has 0 saturated heterocycles. The molecule has 0 nitrogen and oxygen atoms in total. The summed E-state index contributed by atoms with van der Waals surface area (Å²) in [5, 5.41) is 0. The van der Waals surface area contributed by atoms with Crippen molar-refractivity contribution >= 4 is 22.6 Å². The first-order valence-corrected chi connectivity index (χ1v) is 4.71. The summed E-state index contributed by atoms with van der Waals surface area (Å²) in [6, 6.07) is 0. The molecule has 1 unspecified atom stereocenters. The van der Waals surface area contributed by atoms with E-state index in [9.17, 15) is 0 Å². The lowest BCUT2D eigenvalue weighted by molar-refractivity contribution is 0.533. The lowest BCUT2D eigenvalue weighted by Gasteiger charge is -2.01. The predicted molar refractivity (Wildman–Crippen MR) is 45.4 cm³/mol. The highest BCUT2D eigenvalue weighted by molar-refractivity contribution is 14.1. The largest absolute Gasteiger partial charge is 0.0826 e. The maximum Gasteiger partial charge on any atom is 0.0112 e. The Bertz CT molecular complexity index is 70.8. The number of hydrogen-bond donors (Lipinski definition) is 0. The standard InChI is InChI=1S/C7H13I/c1-2-6-3-4-7(8)5-6/h6-7H,2-5H2,1H3/t6?,7-/m1/s1. The van der Waals surface area contributed by atoms with Crippen molar-refractivity contribution < 1.29 is 0 Å². The van der Waals surface area contributed by atoms with E-state index in [0.29, 0.717) is 0 Å². The molecule has 8 heavy (non-hydrogen) atoms. The van der Waals surface area contributed by atoms with Gasteiger partial charge in [-0.3, -0.25) is 0 Å². The fourth-order valence-electron chi connectivity index (χ4n) is 1.38. The van der Waals surface area contributed by atoms with Gasteiger partial charge in [0.1, 0.15) is 0 Å². The summed E-state index contributed by atoms with van der Waals surface area (Å²) in [6.07, 6.45) is 5.85. The first kappa shape index (κ1) is 6.84. The highest BCUT2D eigenvalue weighted by atomic mass is 127. The molecular formula is C7H13I. The second-order valence-corrected chi connectivity index (χ2v) is 4.45. The molecule has 1 fully saturated rings. The first-order valence-electron chi connectivity index (χ1n) is 3.47. The van der Waals surface area contributed by atoms with Crippen LogP contribution in [-0.4, -0.2) is 3.92 Å². The highest BCUT2D eigenvalue weighted by Crippen LogP contribution is 2.32. The van der Waals surface area contributed by atoms with Crippen LogP contribution in [0.15, 0.2) is 0 Å². The summed E-state index contributed by atoms with van der Waals surface area (Å²) in [5.74, 6) is 1.07. The van der Waals surface area contributed by atoms with Crippen molar-refractivity contribution in [3.8, 4) is 0 Å². The summed E-state index contributed by atoms with van der Waals surface area (Å²) in [7, 11) is 0. The van der Waals surface area contributed by atoms with E-state index in [0.717, 1.165) is 9.84 Å². The third-order valence-electron chi connectivity index (χ3n) is 2.05. The van der Waals surface area contributed by atoms with Gasteiger partial charge in [-0.25, -0.2) is 0 Å². The third-order valence-corrected chi connectivity index (χ3v) is 3.19. The molecule has 2 atom stereocenters. The quantitative estimate of drug-likeness (QED) is 0.474. The summed E-state index contributed by atoms with van der Waals surface area (Å²) in [5.41, 5.74) is 0. The first-order chi connectivity index (χ1) is 3.83. The maximum absolute atomic E-state index is 2.57. The molecule has 0 heterocycles. The van der Waals surface area contributed by atoms with Crippen molar-refractivity contribution in [1.82, 2.24) is 0 Å². The average Bonchev–Trinajstić information content (AvgIpc) is 2.14. The number of rotatable bonds is 1. The van der Waals surface area contributed by atoms with E-state index in [1.807, 2.05) is 0 Å². The van der Waals surface area contributed by atoms with Crippen molar-refractivity contribution in [2.75, 3.05) is 0 Å². The summed E-state index contributed by atoms with van der Waals surface area (Å²) >= 11 is 2.57. The van der Waals surface area contributed by atoms with Gasteiger partial charge in [0, 0.05) is 3.92 Å². The predicted octanol–water partition coefficient (Wildman–Crippen LogP) is 3.00. The molecule has 0 spiro atoms. The molecule has 0 N–H and O–H groups in total. The summed E-state index contributed by atoms with van der Waals surface area (Å²) < 4.78 is 0.998. The van der Waals surface area contributed by atoms with Gasteiger partial charge in [-0.2, -0.15) is 0 Å². The van der Waals surface area contributed by atoms with Crippen LogP contribution in [0.25, 0.3) is 0 Å². The van der Waals surface area contributed by atoms with Gasteiger partial charge in [0.05, 0.1) is 0 Å². The van der Waals surface area contributed by atoms with E-state index in [4.69, 9.17) is 0 Å². The van der Waals surface area contributed by atoms with E-state index >= 15 is 0 Å². The fraction of sp³-hybridized carbons (Fsp3) is 1.00. The molecule has 0 aromatic heterocycles. The Morgan fingerprint density at radius 1 is 1.50 bits per heavy atom. The third kappa shape index (κ3) is 1.61. The van der Waals surface area contributed by atoms with Crippen LogP contribution in [0, 0.1) is 5.92 Å². The molecule has 1 rings (SSSR count). The van der Waals surface area contributed by atoms with E-state index in [-0.39, 0.29) is 0 Å². The van der Waals surface area contributed by atoms with Gasteiger partial charge in [0.15, 0.2) is 0 Å². The van der Waals surface area contributed by atoms with Crippen molar-refractivity contribution in [2.45, 2.75) is 36.5 Å². The average molecular weight is 224 g/mol. The Morgan fingerprint density at radius 3 is 2.50 bits per heavy atom. The van der Waals surface area contributed by atoms with Gasteiger partial charge >= 0.3 is 0 Å². The van der Waals surface area contributed by atoms with Crippen LogP contribution in [0.3, 0.4) is 0 Å². The molecule has 0 radical (unpaired) electrons. The molecule has 1 aliphatic rings. The summed E-state index contributed by atoms with van der Waals surface area (Å²) in [4.78, 5) is 0. The minimum Gasteiger partial charge on any atom is -0.0826 e. The lowest BCUT2D eigenvalue weighted by atomic mass is 10.1. The fourth-order valence-corrected chi connectivity index (χ4v) is 2.46. The Hall–Kier alpha value is 0.730. The van der Waals surface area contributed by atoms with Crippen LogP contribution < -0.4 is 0 Å². The van der Waals surface area contributed by atoms with E-state index in [2.05, 4.69) is 29.5 Å². The molecule has 0 aliphatic heterocycles. The van der Waals surface area contributed by atoms with E-state index in [1.54, 1.807) is 0 Å². The van der Waals surface area contributed by atoms with Gasteiger partial charge in [-0.1, -0.05) is 35.9 Å². The molecule has 0 aromatic rings. The summed E-state index contributed by atoms with van der Waals surface area (Å²) in [6.45, 7) is 2.30. The van der Waals surface area contributed by atoms with E-state index < -0.39 is 0 Å². The maximum atomic E-state index is 2.57. The van der Waals surface area contributed by atoms with E-state index in [1.165, 1.54) is 25.7 Å². The molecule has 1 heteroatoms. The van der Waals surface area contributed by atoms with Crippen LogP contribution in [0.1, 0.15) is 32.6 Å². The monoisotopic (exact) mass is 224 g/mol. The van der Waals surface area contributed by atoms with Crippen LogP contribution >= 0.6 is 22.6 Å². The molecule has 1 saturated carbocycles. The van der Waals surface area contributed by atoms with Crippen molar-refractivity contribution in [3.05, 3.63) is 0 Å². The minimum atomic E-state index is 0.998. The molecule has 0 aromatic carbocycles. The van der Waals surface area contributed by atoms with Gasteiger partial charge in [-0.05, 0) is 25.2 Å². The molecule has 0 amide bonds. The van der Waals surface area contributed by atoms with Crippen molar-refractivity contribution in [3.63, 3.8) is 0 Å². The second-order valence-electron chi connectivity index (χ2n) is 2.68. The van der Waals surface area contributed by atoms with Crippen molar-refractivity contribution in [1.29, 1.82) is 0 Å². The highest BCUT2D eigenvalue weighted by Gasteiger charge is 2.19. The smallest absolute Gasteiger partial charge is 0.0112 e. The van der Waals surface area contributed by atoms with Gasteiger partial charge in [0.2, 0.25) is 0 Å². The van der Waals surface area contributed by atoms with Crippen LogP contribution in [-0.2, 0) is 0 Å². The number of halogens is 1. The Balaban J connectivity index is 2.22. The molecule has 48 valence electrons. The Labute approximate surface area is 65.2 Å². The van der Waals surface area contributed by atoms with Crippen LogP contribution in [0.5, 0.6) is 0 Å². The zero-order valence-electron chi connectivity index (χ0n) is 5.36. The van der Waals surface area contributed by atoms with Crippen molar-refractivity contribution in [2.24, 2.45) is 5.92 Å². The van der Waals surface area contributed by atoms with Gasteiger partial charge in [-0.15, -0.1) is 0 Å². The van der Waals surface area contributed by atoms with Gasteiger partial charge in [0.25, 0.3) is 0 Å². The van der Waals surface area contributed by atoms with Gasteiger partial charge < -0.3 is 0 Å². The van der Waals surface area contributed by atoms with Crippen LogP contribution in [0.4, 0.5) is 0 Å². The molecule has 1 aliphatic carbocycles. The number of hydrogen-bond acceptors (Lipinski definition) is 0. The SMILES string of the molecule is CCC1CC[C@@H](I)C1. The van der Waals surface area contributed by atoms with Crippen LogP contribution in [0.2, 0.25) is 0 Å².